The highest BCUT2D eigenvalue weighted by atomic mass is 16.5. The molecule has 0 fully saturated rings. The lowest BCUT2D eigenvalue weighted by Gasteiger charge is -2.10. The summed E-state index contributed by atoms with van der Waals surface area (Å²) in [7, 11) is 0. The van der Waals surface area contributed by atoms with Crippen LogP contribution in [0.1, 0.15) is 23.7 Å². The summed E-state index contributed by atoms with van der Waals surface area (Å²) in [6, 6.07) is 5.67. The molecule has 0 saturated heterocycles. The maximum Gasteiger partial charge on any atom is 0.338 e. The maximum absolute atomic E-state index is 11.7. The molecule has 0 aliphatic heterocycles. The number of esters is 1. The van der Waals surface area contributed by atoms with Gasteiger partial charge in [0.05, 0.1) is 18.2 Å². The van der Waals surface area contributed by atoms with Gasteiger partial charge in [0.1, 0.15) is 0 Å². The first kappa shape index (κ1) is 14.7. The van der Waals surface area contributed by atoms with Crippen LogP contribution >= 0.6 is 0 Å². The summed E-state index contributed by atoms with van der Waals surface area (Å²) in [5.74, 6) is 1.49. The number of carbonyl (C=O) groups excluding carboxylic acids is 2. The fraction of sp³-hybridized carbons (Fsp3) is 0.286. The number of nitrogens with one attached hydrogen (secondary N) is 1. The van der Waals surface area contributed by atoms with Crippen molar-refractivity contribution in [3.05, 3.63) is 29.8 Å². The number of terminal acetylenes is 1. The zero-order valence-corrected chi connectivity index (χ0v) is 10.7. The summed E-state index contributed by atoms with van der Waals surface area (Å²) in [6.45, 7) is 2.02. The molecule has 0 saturated carbocycles. The molecule has 5 nitrogen and oxygen atoms in total. The van der Waals surface area contributed by atoms with E-state index in [0.717, 1.165) is 0 Å². The van der Waals surface area contributed by atoms with Crippen molar-refractivity contribution in [2.45, 2.75) is 19.4 Å². The summed E-state index contributed by atoms with van der Waals surface area (Å²) in [4.78, 5) is 23.2. The van der Waals surface area contributed by atoms with E-state index in [2.05, 4.69) is 11.2 Å². The molecule has 1 atom stereocenters. The number of benzene rings is 1. The number of hydrogen-bond acceptors (Lipinski definition) is 4. The van der Waals surface area contributed by atoms with E-state index in [0.29, 0.717) is 17.9 Å². The fourth-order valence-electron chi connectivity index (χ4n) is 1.39. The SMILES string of the molecule is C#CCC(N)C(=O)Nc1cccc(C(=O)OCC)c1. The second-order valence-electron chi connectivity index (χ2n) is 3.81. The standard InChI is InChI=1S/C14H16N2O3/c1-3-6-12(15)13(17)16-11-8-5-7-10(9-11)14(18)19-4-2/h1,5,7-9,12H,4,6,15H2,2H3,(H,16,17). The Kier molecular flexibility index (Phi) is 5.58. The molecule has 0 aliphatic carbocycles. The minimum Gasteiger partial charge on any atom is -0.462 e. The van der Waals surface area contributed by atoms with E-state index in [4.69, 9.17) is 16.9 Å². The number of hydrogen-bond donors (Lipinski definition) is 2. The van der Waals surface area contributed by atoms with Gasteiger partial charge in [-0.3, -0.25) is 4.79 Å². The van der Waals surface area contributed by atoms with Crippen LogP contribution in [0.4, 0.5) is 5.69 Å². The normalized spacial score (nSPS) is 11.2. The quantitative estimate of drug-likeness (QED) is 0.614. The lowest BCUT2D eigenvalue weighted by molar-refractivity contribution is -0.117. The van der Waals surface area contributed by atoms with E-state index in [-0.39, 0.29) is 12.3 Å². The predicted octanol–water partition coefficient (Wildman–Crippen LogP) is 1.15. The number of ether oxygens (including phenoxy) is 1. The Morgan fingerprint density at radius 1 is 1.53 bits per heavy atom. The van der Waals surface area contributed by atoms with Gasteiger partial charge in [-0.2, -0.15) is 0 Å². The molecule has 1 amide bonds. The third-order valence-corrected chi connectivity index (χ3v) is 2.32. The first-order chi connectivity index (χ1) is 9.08. The average molecular weight is 260 g/mol. The summed E-state index contributed by atoms with van der Waals surface area (Å²) < 4.78 is 4.87. The number of amides is 1. The van der Waals surface area contributed by atoms with Crippen LogP contribution in [0.3, 0.4) is 0 Å². The Morgan fingerprint density at radius 3 is 2.89 bits per heavy atom. The molecule has 3 N–H and O–H groups in total. The van der Waals surface area contributed by atoms with Gasteiger partial charge in [0.25, 0.3) is 0 Å². The smallest absolute Gasteiger partial charge is 0.338 e. The number of rotatable bonds is 5. The molecular weight excluding hydrogens is 244 g/mol. The monoisotopic (exact) mass is 260 g/mol. The van der Waals surface area contributed by atoms with Gasteiger partial charge in [-0.15, -0.1) is 12.3 Å². The van der Waals surface area contributed by atoms with Gasteiger partial charge in [-0.05, 0) is 25.1 Å². The lowest BCUT2D eigenvalue weighted by Crippen LogP contribution is -2.35. The predicted molar refractivity (Wildman–Crippen MR) is 72.5 cm³/mol. The van der Waals surface area contributed by atoms with Crippen molar-refractivity contribution in [1.82, 2.24) is 0 Å². The molecule has 1 aromatic carbocycles. The molecule has 1 aromatic rings. The van der Waals surface area contributed by atoms with Crippen LogP contribution in [0, 0.1) is 12.3 Å². The second-order valence-corrected chi connectivity index (χ2v) is 3.81. The summed E-state index contributed by atoms with van der Waals surface area (Å²) in [6.07, 6.45) is 5.24. The van der Waals surface area contributed by atoms with Crippen molar-refractivity contribution in [2.24, 2.45) is 5.73 Å². The summed E-state index contributed by atoms with van der Waals surface area (Å²) in [5.41, 5.74) is 6.42. The highest BCUT2D eigenvalue weighted by Gasteiger charge is 2.13. The van der Waals surface area contributed by atoms with Crippen molar-refractivity contribution in [3.8, 4) is 12.3 Å². The highest BCUT2D eigenvalue weighted by Crippen LogP contribution is 2.12. The molecule has 0 aromatic heterocycles. The van der Waals surface area contributed by atoms with Crippen molar-refractivity contribution in [3.63, 3.8) is 0 Å². The third-order valence-electron chi connectivity index (χ3n) is 2.32. The van der Waals surface area contributed by atoms with E-state index in [9.17, 15) is 9.59 Å². The van der Waals surface area contributed by atoms with Crippen LogP contribution < -0.4 is 11.1 Å². The van der Waals surface area contributed by atoms with E-state index < -0.39 is 12.0 Å². The van der Waals surface area contributed by atoms with Crippen molar-refractivity contribution >= 4 is 17.6 Å². The second kappa shape index (κ2) is 7.19. The van der Waals surface area contributed by atoms with Crippen LogP contribution in [-0.4, -0.2) is 24.5 Å². The van der Waals surface area contributed by atoms with Crippen LogP contribution in [0.5, 0.6) is 0 Å². The van der Waals surface area contributed by atoms with E-state index in [1.165, 1.54) is 6.07 Å². The van der Waals surface area contributed by atoms with Gasteiger partial charge >= 0.3 is 5.97 Å². The molecule has 0 bridgehead atoms. The molecule has 0 radical (unpaired) electrons. The van der Waals surface area contributed by atoms with E-state index in [1.807, 2.05) is 0 Å². The first-order valence-electron chi connectivity index (χ1n) is 5.85. The number of nitrogens with two attached hydrogens (primary N) is 1. The molecule has 0 aliphatic rings. The molecular formula is C14H16N2O3. The van der Waals surface area contributed by atoms with Gasteiger partial charge in [-0.25, -0.2) is 4.79 Å². The van der Waals surface area contributed by atoms with Gasteiger partial charge < -0.3 is 15.8 Å². The molecule has 100 valence electrons. The van der Waals surface area contributed by atoms with Gasteiger partial charge in [0.15, 0.2) is 0 Å². The maximum atomic E-state index is 11.7. The van der Waals surface area contributed by atoms with Crippen LogP contribution in [0.25, 0.3) is 0 Å². The third kappa shape index (κ3) is 4.45. The van der Waals surface area contributed by atoms with Crippen molar-refractivity contribution in [2.75, 3.05) is 11.9 Å². The van der Waals surface area contributed by atoms with Crippen LogP contribution in [0.15, 0.2) is 24.3 Å². The minimum absolute atomic E-state index is 0.156. The van der Waals surface area contributed by atoms with Gasteiger partial charge in [0, 0.05) is 12.1 Å². The average Bonchev–Trinajstić information content (AvgIpc) is 2.39. The Labute approximate surface area is 112 Å². The molecule has 0 heterocycles. The highest BCUT2D eigenvalue weighted by molar-refractivity contribution is 5.96. The van der Waals surface area contributed by atoms with Crippen molar-refractivity contribution in [1.29, 1.82) is 0 Å². The largest absolute Gasteiger partial charge is 0.462 e. The summed E-state index contributed by atoms with van der Waals surface area (Å²) in [5, 5.41) is 2.60. The molecule has 19 heavy (non-hydrogen) atoms. The van der Waals surface area contributed by atoms with Gasteiger partial charge in [0.2, 0.25) is 5.91 Å². The molecule has 1 unspecified atom stereocenters. The first-order valence-corrected chi connectivity index (χ1v) is 5.85. The molecule has 0 spiro atoms. The Bertz CT molecular complexity index is 506. The lowest BCUT2D eigenvalue weighted by atomic mass is 10.1. The number of carbonyl (C=O) groups is 2. The Balaban J connectivity index is 2.75. The van der Waals surface area contributed by atoms with Crippen molar-refractivity contribution < 1.29 is 14.3 Å². The molecule has 5 heteroatoms. The zero-order chi connectivity index (χ0) is 14.3. The summed E-state index contributed by atoms with van der Waals surface area (Å²) >= 11 is 0. The Hall–Kier alpha value is -2.32. The molecule has 1 rings (SSSR count). The van der Waals surface area contributed by atoms with Crippen LogP contribution in [-0.2, 0) is 9.53 Å². The Morgan fingerprint density at radius 2 is 2.26 bits per heavy atom. The topological polar surface area (TPSA) is 81.4 Å². The van der Waals surface area contributed by atoms with E-state index in [1.54, 1.807) is 25.1 Å². The van der Waals surface area contributed by atoms with Gasteiger partial charge in [-0.1, -0.05) is 6.07 Å². The minimum atomic E-state index is -0.767. The van der Waals surface area contributed by atoms with Crippen LogP contribution in [0.2, 0.25) is 0 Å². The fourth-order valence-corrected chi connectivity index (χ4v) is 1.39. The van der Waals surface area contributed by atoms with E-state index >= 15 is 0 Å². The zero-order valence-electron chi connectivity index (χ0n) is 10.7. The number of anilines is 1.